The van der Waals surface area contributed by atoms with Crippen molar-refractivity contribution in [2.75, 3.05) is 11.9 Å². The molecule has 1 aliphatic rings. The lowest BCUT2D eigenvalue weighted by Crippen LogP contribution is -2.39. The minimum absolute atomic E-state index is 0.0370. The summed E-state index contributed by atoms with van der Waals surface area (Å²) in [6.07, 6.45) is -1.48. The number of fused-ring (bicyclic) bond motifs is 1. The maximum Gasteiger partial charge on any atom is 0.416 e. The number of nitrogens with zero attached hydrogens (tertiary/aromatic N) is 4. The van der Waals surface area contributed by atoms with Crippen molar-refractivity contribution in [3.05, 3.63) is 71.3 Å². The molecule has 0 bridgehead atoms. The fourth-order valence-electron chi connectivity index (χ4n) is 4.51. The summed E-state index contributed by atoms with van der Waals surface area (Å²) in [5.74, 6) is -0.859. The van der Waals surface area contributed by atoms with Crippen molar-refractivity contribution in [2.45, 2.75) is 45.5 Å². The van der Waals surface area contributed by atoms with Crippen LogP contribution in [0.4, 0.5) is 19.1 Å². The van der Waals surface area contributed by atoms with Crippen molar-refractivity contribution >= 4 is 28.8 Å². The summed E-state index contributed by atoms with van der Waals surface area (Å²) < 4.78 is 41.2. The van der Waals surface area contributed by atoms with Crippen LogP contribution in [0.25, 0.3) is 11.0 Å². The van der Waals surface area contributed by atoms with E-state index in [0.29, 0.717) is 30.5 Å². The number of nitriles is 1. The van der Waals surface area contributed by atoms with Gasteiger partial charge in [0.1, 0.15) is 11.6 Å². The Hall–Kier alpha value is -4.13. The molecule has 7 nitrogen and oxygen atoms in total. The molecule has 10 heteroatoms. The third kappa shape index (κ3) is 5.66. The number of alkyl halides is 3. The summed E-state index contributed by atoms with van der Waals surface area (Å²) >= 11 is 0. The van der Waals surface area contributed by atoms with Crippen LogP contribution in [0.2, 0.25) is 0 Å². The topological polar surface area (TPSA) is 91.0 Å². The molecule has 1 saturated heterocycles. The Morgan fingerprint density at radius 3 is 2.68 bits per heavy atom. The van der Waals surface area contributed by atoms with E-state index in [2.05, 4.69) is 10.3 Å². The summed E-state index contributed by atoms with van der Waals surface area (Å²) in [6.45, 7) is 4.58. The molecular weight excluding hydrogens is 483 g/mol. The van der Waals surface area contributed by atoms with Crippen molar-refractivity contribution in [3.8, 4) is 6.07 Å². The van der Waals surface area contributed by atoms with E-state index in [1.54, 1.807) is 27.7 Å². The third-order valence-corrected chi connectivity index (χ3v) is 6.21. The predicted molar refractivity (Wildman–Crippen MR) is 132 cm³/mol. The van der Waals surface area contributed by atoms with Gasteiger partial charge in [-0.25, -0.2) is 4.98 Å². The highest BCUT2D eigenvalue weighted by atomic mass is 19.4. The molecule has 37 heavy (non-hydrogen) atoms. The fraction of sp³-hybridized carbons (Fsp3) is 0.333. The van der Waals surface area contributed by atoms with Gasteiger partial charge in [-0.15, -0.1) is 0 Å². The van der Waals surface area contributed by atoms with Gasteiger partial charge in [0.05, 0.1) is 22.6 Å². The van der Waals surface area contributed by atoms with Gasteiger partial charge in [0.2, 0.25) is 5.95 Å². The average Bonchev–Trinajstić information content (AvgIpc) is 3.46. The van der Waals surface area contributed by atoms with Gasteiger partial charge >= 0.3 is 6.18 Å². The Morgan fingerprint density at radius 1 is 1.22 bits per heavy atom. The summed E-state index contributed by atoms with van der Waals surface area (Å²) in [5, 5.41) is 12.2. The Balaban J connectivity index is 1.64. The van der Waals surface area contributed by atoms with Crippen LogP contribution in [0, 0.1) is 17.2 Å². The number of halogens is 3. The van der Waals surface area contributed by atoms with E-state index in [9.17, 15) is 28.0 Å². The lowest BCUT2D eigenvalue weighted by Gasteiger charge is -2.26. The molecule has 192 valence electrons. The van der Waals surface area contributed by atoms with E-state index < -0.39 is 17.6 Å². The normalized spacial score (nSPS) is 16.3. The standard InChI is InChI=1S/C27H26F3N5O2/c1-17(2)13-19(15-31)25(37)34-12-6-9-21(34)16-35-23-11-4-3-10-22(23)32-26(35)33-24(36)18-7-5-8-20(14-18)27(28,29)30/h3-5,7-8,10-11,13-14,17,21H,6,9,12,16H2,1-2H3,(H,32,33,36)/b19-13+/t21-/m1/s1. The first-order valence-electron chi connectivity index (χ1n) is 11.9. The van der Waals surface area contributed by atoms with Gasteiger partial charge in [0.25, 0.3) is 11.8 Å². The van der Waals surface area contributed by atoms with E-state index >= 15 is 0 Å². The number of likely N-dealkylation sites (tertiary alicyclic amines) is 1. The third-order valence-electron chi connectivity index (χ3n) is 6.21. The zero-order valence-corrected chi connectivity index (χ0v) is 20.4. The number of carbonyl (C=O) groups excluding carboxylic acids is 2. The van der Waals surface area contributed by atoms with Gasteiger partial charge < -0.3 is 9.47 Å². The minimum Gasteiger partial charge on any atom is -0.333 e. The highest BCUT2D eigenvalue weighted by Gasteiger charge is 2.33. The molecule has 1 atom stereocenters. The van der Waals surface area contributed by atoms with Gasteiger partial charge in [-0.2, -0.15) is 18.4 Å². The molecule has 0 radical (unpaired) electrons. The van der Waals surface area contributed by atoms with Crippen LogP contribution in [0.3, 0.4) is 0 Å². The molecule has 0 saturated carbocycles. The van der Waals surface area contributed by atoms with Crippen LogP contribution in [0.1, 0.15) is 42.6 Å². The van der Waals surface area contributed by atoms with Crippen LogP contribution in [-0.4, -0.2) is 38.9 Å². The maximum absolute atomic E-state index is 13.1. The largest absolute Gasteiger partial charge is 0.416 e. The van der Waals surface area contributed by atoms with Crippen molar-refractivity contribution < 1.29 is 22.8 Å². The number of benzene rings is 2. The highest BCUT2D eigenvalue weighted by molar-refractivity contribution is 6.04. The quantitative estimate of drug-likeness (QED) is 0.356. The summed E-state index contributed by atoms with van der Waals surface area (Å²) in [6, 6.07) is 13.1. The SMILES string of the molecule is CC(C)/C=C(\C#N)C(=O)N1CCC[C@@H]1Cn1c(NC(=O)c2cccc(C(F)(F)F)c2)nc2ccccc21. The number of anilines is 1. The number of imidazole rings is 1. The second-order valence-corrected chi connectivity index (χ2v) is 9.30. The van der Waals surface area contributed by atoms with E-state index in [1.165, 1.54) is 12.1 Å². The number of amides is 2. The molecule has 1 N–H and O–H groups in total. The van der Waals surface area contributed by atoms with Gasteiger partial charge in [0.15, 0.2) is 0 Å². The van der Waals surface area contributed by atoms with E-state index in [4.69, 9.17) is 0 Å². The number of aromatic nitrogens is 2. The monoisotopic (exact) mass is 509 g/mol. The molecule has 0 unspecified atom stereocenters. The first-order chi connectivity index (χ1) is 17.6. The summed E-state index contributed by atoms with van der Waals surface area (Å²) in [4.78, 5) is 32.2. The molecule has 4 rings (SSSR count). The molecule has 1 fully saturated rings. The Kier molecular flexibility index (Phi) is 7.34. The molecule has 2 amide bonds. The van der Waals surface area contributed by atoms with Gasteiger partial charge in [-0.05, 0) is 49.1 Å². The number of hydrogen-bond acceptors (Lipinski definition) is 4. The Labute approximate surface area is 212 Å². The van der Waals surface area contributed by atoms with Crippen molar-refractivity contribution in [3.63, 3.8) is 0 Å². The predicted octanol–water partition coefficient (Wildman–Crippen LogP) is 5.40. The molecule has 2 aromatic carbocycles. The molecule has 0 spiro atoms. The number of nitrogens with one attached hydrogen (secondary N) is 1. The number of para-hydroxylation sites is 2. The van der Waals surface area contributed by atoms with Gasteiger partial charge in [0, 0.05) is 18.7 Å². The Bertz CT molecular complexity index is 1400. The molecular formula is C27H26F3N5O2. The van der Waals surface area contributed by atoms with Crippen molar-refractivity contribution in [1.82, 2.24) is 14.5 Å². The van der Waals surface area contributed by atoms with Gasteiger partial charge in [-0.3, -0.25) is 14.9 Å². The number of carbonyl (C=O) groups is 2. The number of hydrogen-bond donors (Lipinski definition) is 1. The maximum atomic E-state index is 13.1. The Morgan fingerprint density at radius 2 is 1.97 bits per heavy atom. The zero-order valence-electron chi connectivity index (χ0n) is 20.4. The van der Waals surface area contributed by atoms with Gasteiger partial charge in [-0.1, -0.05) is 38.1 Å². The smallest absolute Gasteiger partial charge is 0.333 e. The second kappa shape index (κ2) is 10.5. The molecule has 3 aromatic rings. The van der Waals surface area contributed by atoms with Crippen molar-refractivity contribution in [2.24, 2.45) is 5.92 Å². The van der Waals surface area contributed by atoms with Crippen LogP contribution < -0.4 is 5.32 Å². The first-order valence-corrected chi connectivity index (χ1v) is 11.9. The average molecular weight is 510 g/mol. The molecule has 1 aromatic heterocycles. The minimum atomic E-state index is -4.58. The van der Waals surface area contributed by atoms with Crippen LogP contribution in [0.5, 0.6) is 0 Å². The number of rotatable bonds is 6. The highest BCUT2D eigenvalue weighted by Crippen LogP contribution is 2.30. The first kappa shape index (κ1) is 25.9. The molecule has 2 heterocycles. The van der Waals surface area contributed by atoms with E-state index in [0.717, 1.165) is 18.6 Å². The molecule has 1 aliphatic heterocycles. The summed E-state index contributed by atoms with van der Waals surface area (Å²) in [7, 11) is 0. The lowest BCUT2D eigenvalue weighted by molar-refractivity contribution is -0.137. The zero-order chi connectivity index (χ0) is 26.7. The number of allylic oxidation sites excluding steroid dienone is 1. The lowest BCUT2D eigenvalue weighted by atomic mass is 10.1. The second-order valence-electron chi connectivity index (χ2n) is 9.30. The van der Waals surface area contributed by atoms with Crippen LogP contribution in [0.15, 0.2) is 60.2 Å². The van der Waals surface area contributed by atoms with E-state index in [-0.39, 0.29) is 35.0 Å². The van der Waals surface area contributed by atoms with Crippen molar-refractivity contribution in [1.29, 1.82) is 5.26 Å². The van der Waals surface area contributed by atoms with Crippen LogP contribution >= 0.6 is 0 Å². The summed E-state index contributed by atoms with van der Waals surface area (Å²) in [5.41, 5.74) is 0.324. The van der Waals surface area contributed by atoms with Crippen LogP contribution in [-0.2, 0) is 17.5 Å². The van der Waals surface area contributed by atoms with E-state index in [1.807, 2.05) is 32.0 Å². The fourth-order valence-corrected chi connectivity index (χ4v) is 4.51. The molecule has 0 aliphatic carbocycles.